The van der Waals surface area contributed by atoms with E-state index in [1.807, 2.05) is 66.3 Å². The lowest BCUT2D eigenvalue weighted by Gasteiger charge is -2.14. The van der Waals surface area contributed by atoms with Gasteiger partial charge in [-0.2, -0.15) is 5.10 Å². The lowest BCUT2D eigenvalue weighted by molar-refractivity contribution is -0.116. The van der Waals surface area contributed by atoms with Crippen molar-refractivity contribution in [1.29, 1.82) is 0 Å². The predicted octanol–water partition coefficient (Wildman–Crippen LogP) is 4.01. The van der Waals surface area contributed by atoms with Crippen molar-refractivity contribution in [2.75, 3.05) is 31.3 Å². The molecule has 5 rings (SSSR count). The highest BCUT2D eigenvalue weighted by molar-refractivity contribution is 7.19. The van der Waals surface area contributed by atoms with E-state index in [1.54, 1.807) is 6.20 Å². The summed E-state index contributed by atoms with van der Waals surface area (Å²) in [5.74, 6) is -0.166. The molecule has 0 radical (unpaired) electrons. The summed E-state index contributed by atoms with van der Waals surface area (Å²) < 4.78 is 1.93. The molecule has 3 heterocycles. The first kappa shape index (κ1) is 23.8. The van der Waals surface area contributed by atoms with Crippen LogP contribution in [0.5, 0.6) is 0 Å². The van der Waals surface area contributed by atoms with Gasteiger partial charge in [0.25, 0.3) is 0 Å². The molecule has 1 aromatic carbocycles. The van der Waals surface area contributed by atoms with Crippen molar-refractivity contribution >= 4 is 34.0 Å². The maximum atomic E-state index is 12.2. The molecule has 0 spiro atoms. The zero-order valence-electron chi connectivity index (χ0n) is 20.4. The van der Waals surface area contributed by atoms with Gasteiger partial charge >= 0.3 is 0 Å². The van der Waals surface area contributed by atoms with Crippen molar-refractivity contribution in [2.24, 2.45) is 0 Å². The van der Waals surface area contributed by atoms with E-state index in [2.05, 4.69) is 20.6 Å². The Labute approximate surface area is 213 Å². The van der Waals surface area contributed by atoms with Gasteiger partial charge < -0.3 is 15.5 Å². The number of nitrogens with zero attached hydrogens (tertiary/aromatic N) is 5. The average Bonchev–Trinajstić information content (AvgIpc) is 3.44. The number of fused-ring (bicyclic) bond motifs is 3. The number of thiazole rings is 1. The molecular weight excluding hydrogens is 474 g/mol. The molecule has 9 nitrogen and oxygen atoms in total. The van der Waals surface area contributed by atoms with Crippen LogP contribution in [0.1, 0.15) is 24.6 Å². The highest BCUT2D eigenvalue weighted by Gasteiger charge is 2.30. The monoisotopic (exact) mass is 501 g/mol. The predicted molar refractivity (Wildman–Crippen MR) is 141 cm³/mol. The zero-order valence-corrected chi connectivity index (χ0v) is 21.2. The van der Waals surface area contributed by atoms with E-state index in [-0.39, 0.29) is 11.8 Å². The first-order valence-corrected chi connectivity index (χ1v) is 12.6. The van der Waals surface area contributed by atoms with Gasteiger partial charge in [-0.15, -0.1) is 0 Å². The molecule has 0 unspecified atom stereocenters. The maximum Gasteiger partial charge on any atom is 0.225 e. The molecule has 10 heteroatoms. The minimum atomic E-state index is -0.144. The molecule has 0 saturated carbocycles. The van der Waals surface area contributed by atoms with Crippen LogP contribution in [-0.2, 0) is 22.4 Å². The fourth-order valence-corrected chi connectivity index (χ4v) is 5.35. The number of hydrogen-bond acceptors (Lipinski definition) is 7. The SMILES string of the molecule is CC(=O)Nc1nc2c(s1)-c1c(c(-c3cccnc3)nn1-c1ccc(NC(=O)CCN(C)C)cc1)CC2. The smallest absolute Gasteiger partial charge is 0.225 e. The summed E-state index contributed by atoms with van der Waals surface area (Å²) in [6.45, 7) is 2.18. The quantitative estimate of drug-likeness (QED) is 0.397. The van der Waals surface area contributed by atoms with Gasteiger partial charge in [-0.25, -0.2) is 9.67 Å². The van der Waals surface area contributed by atoms with Gasteiger partial charge in [0.2, 0.25) is 11.8 Å². The zero-order chi connectivity index (χ0) is 25.2. The Kier molecular flexibility index (Phi) is 6.62. The van der Waals surface area contributed by atoms with Crippen LogP contribution in [0.3, 0.4) is 0 Å². The van der Waals surface area contributed by atoms with Crippen LogP contribution in [0.15, 0.2) is 48.8 Å². The number of pyridine rings is 1. The lowest BCUT2D eigenvalue weighted by atomic mass is 9.95. The Balaban J connectivity index is 1.53. The average molecular weight is 502 g/mol. The first-order chi connectivity index (χ1) is 17.4. The van der Waals surface area contributed by atoms with Gasteiger partial charge in [0.05, 0.1) is 27.6 Å². The third-order valence-corrected chi connectivity index (χ3v) is 6.93. The Morgan fingerprint density at radius 1 is 1.11 bits per heavy atom. The minimum absolute atomic E-state index is 0.0217. The largest absolute Gasteiger partial charge is 0.326 e. The molecule has 184 valence electrons. The second-order valence-electron chi connectivity index (χ2n) is 8.95. The Bertz CT molecular complexity index is 1410. The molecule has 2 amide bonds. The number of rotatable bonds is 7. The number of aryl methyl sites for hydroxylation is 1. The van der Waals surface area contributed by atoms with Gasteiger partial charge in [0.15, 0.2) is 5.13 Å². The fourth-order valence-electron chi connectivity index (χ4n) is 4.23. The van der Waals surface area contributed by atoms with E-state index in [0.29, 0.717) is 18.1 Å². The van der Waals surface area contributed by atoms with E-state index in [4.69, 9.17) is 5.10 Å². The van der Waals surface area contributed by atoms with E-state index in [1.165, 1.54) is 18.3 Å². The number of anilines is 2. The third-order valence-electron chi connectivity index (χ3n) is 5.91. The number of carbonyl (C=O) groups excluding carboxylic acids is 2. The Morgan fingerprint density at radius 3 is 2.61 bits per heavy atom. The van der Waals surface area contributed by atoms with Crippen LogP contribution in [0.25, 0.3) is 27.5 Å². The standard InChI is InChI=1S/C26H27N7O2S/c1-16(34)28-26-30-21-11-10-20-23(17-5-4-13-27-15-17)31-33(24(20)25(21)36-26)19-8-6-18(7-9-19)29-22(35)12-14-32(2)3/h4-9,13,15H,10-12,14H2,1-3H3,(H,29,35)(H,28,30,34). The normalized spacial score (nSPS) is 12.2. The van der Waals surface area contributed by atoms with Crippen LogP contribution >= 0.6 is 11.3 Å². The van der Waals surface area contributed by atoms with Crippen molar-refractivity contribution in [2.45, 2.75) is 26.2 Å². The van der Waals surface area contributed by atoms with Gasteiger partial charge in [-0.1, -0.05) is 11.3 Å². The van der Waals surface area contributed by atoms with E-state index < -0.39 is 0 Å². The molecule has 3 aromatic heterocycles. The van der Waals surface area contributed by atoms with Crippen LogP contribution in [0, 0.1) is 0 Å². The van der Waals surface area contributed by atoms with E-state index >= 15 is 0 Å². The number of hydrogen-bond donors (Lipinski definition) is 2. The molecule has 0 aliphatic heterocycles. The first-order valence-electron chi connectivity index (χ1n) is 11.7. The van der Waals surface area contributed by atoms with Gasteiger partial charge in [-0.05, 0) is 63.3 Å². The number of amides is 2. The molecule has 0 atom stereocenters. The van der Waals surface area contributed by atoms with Crippen molar-refractivity contribution in [1.82, 2.24) is 24.6 Å². The lowest BCUT2D eigenvalue weighted by Crippen LogP contribution is -2.20. The minimum Gasteiger partial charge on any atom is -0.326 e. The molecule has 1 aliphatic carbocycles. The second kappa shape index (κ2) is 10.00. The molecule has 1 aliphatic rings. The molecular formula is C26H27N7O2S. The molecule has 0 bridgehead atoms. The summed E-state index contributed by atoms with van der Waals surface area (Å²) in [5.41, 5.74) is 6.52. The Morgan fingerprint density at radius 2 is 1.92 bits per heavy atom. The van der Waals surface area contributed by atoms with Crippen molar-refractivity contribution in [3.8, 4) is 27.5 Å². The third kappa shape index (κ3) is 4.91. The van der Waals surface area contributed by atoms with Crippen LogP contribution < -0.4 is 10.6 Å². The van der Waals surface area contributed by atoms with Crippen molar-refractivity contribution in [3.05, 3.63) is 60.0 Å². The van der Waals surface area contributed by atoms with Gasteiger partial charge in [-0.3, -0.25) is 14.6 Å². The number of carbonyl (C=O) groups is 2. The molecule has 36 heavy (non-hydrogen) atoms. The topological polar surface area (TPSA) is 105 Å². The fraction of sp³-hybridized carbons (Fsp3) is 0.269. The summed E-state index contributed by atoms with van der Waals surface area (Å²) in [7, 11) is 3.89. The second-order valence-corrected chi connectivity index (χ2v) is 9.95. The number of nitrogens with one attached hydrogen (secondary N) is 2. The summed E-state index contributed by atoms with van der Waals surface area (Å²) in [4.78, 5) is 35.8. The van der Waals surface area contributed by atoms with E-state index in [9.17, 15) is 9.59 Å². The summed E-state index contributed by atoms with van der Waals surface area (Å²) in [5, 5.41) is 11.4. The Hall–Kier alpha value is -3.89. The number of benzene rings is 1. The van der Waals surface area contributed by atoms with Crippen LogP contribution in [-0.4, -0.2) is 57.1 Å². The van der Waals surface area contributed by atoms with Crippen LogP contribution in [0.2, 0.25) is 0 Å². The highest BCUT2D eigenvalue weighted by Crippen LogP contribution is 2.44. The van der Waals surface area contributed by atoms with Crippen LogP contribution in [0.4, 0.5) is 10.8 Å². The molecule has 4 aromatic rings. The van der Waals surface area contributed by atoms with Crippen molar-refractivity contribution in [3.63, 3.8) is 0 Å². The highest BCUT2D eigenvalue weighted by atomic mass is 32.1. The molecule has 2 N–H and O–H groups in total. The summed E-state index contributed by atoms with van der Waals surface area (Å²) in [6.07, 6.45) is 5.57. The van der Waals surface area contributed by atoms with Crippen molar-refractivity contribution < 1.29 is 9.59 Å². The maximum absolute atomic E-state index is 12.2. The number of aromatic nitrogens is 4. The van der Waals surface area contributed by atoms with E-state index in [0.717, 1.165) is 57.3 Å². The molecule has 0 saturated heterocycles. The van der Waals surface area contributed by atoms with Gasteiger partial charge in [0, 0.05) is 49.1 Å². The molecule has 0 fully saturated rings. The summed E-state index contributed by atoms with van der Waals surface area (Å²) in [6, 6.07) is 11.6. The van der Waals surface area contributed by atoms with Gasteiger partial charge in [0.1, 0.15) is 0 Å². The summed E-state index contributed by atoms with van der Waals surface area (Å²) >= 11 is 1.46.